The molecule has 0 saturated carbocycles. The molecule has 4 heterocycles. The molecular weight excluding hydrogens is 846 g/mol. The zero-order valence-electron chi connectivity index (χ0n) is 35.6. The highest BCUT2D eigenvalue weighted by Crippen LogP contribution is 2.43. The number of rotatable bonds is 14. The summed E-state index contributed by atoms with van der Waals surface area (Å²) in [7, 11) is -3.01. The quantitative estimate of drug-likeness (QED) is 0.0716. The van der Waals surface area contributed by atoms with Gasteiger partial charge in [0.25, 0.3) is 21.6 Å². The number of hydrogen-bond donors (Lipinski definition) is 3. The predicted octanol–water partition coefficient (Wildman–Crippen LogP) is 8.43. The van der Waals surface area contributed by atoms with Crippen molar-refractivity contribution in [1.82, 2.24) is 19.6 Å². The number of pyridine rings is 1. The first kappa shape index (κ1) is 44.1. The molecule has 3 aliphatic rings. The van der Waals surface area contributed by atoms with E-state index >= 15 is 0 Å². The first-order chi connectivity index (χ1) is 30.2. The first-order valence-corrected chi connectivity index (χ1v) is 23.0. The number of ether oxygens (including phenoxy) is 3. The number of amides is 1. The number of aromatic nitrogens is 2. The summed E-state index contributed by atoms with van der Waals surface area (Å²) in [4.78, 5) is 37.2. The topological polar surface area (TPSA) is 181 Å². The molecule has 2 saturated heterocycles. The number of aromatic amines is 1. The lowest BCUT2D eigenvalue weighted by Gasteiger charge is -2.39. The lowest BCUT2D eigenvalue weighted by molar-refractivity contribution is -0.384. The number of nitrogens with zero attached hydrogens (tertiary/aromatic N) is 4. The highest BCUT2D eigenvalue weighted by atomic mass is 35.5. The van der Waals surface area contributed by atoms with Gasteiger partial charge in [0.15, 0.2) is 0 Å². The fraction of sp³-hybridized carbons (Fsp3) is 0.391. The molecule has 0 spiro atoms. The van der Waals surface area contributed by atoms with Crippen molar-refractivity contribution in [3.05, 3.63) is 117 Å². The van der Waals surface area contributed by atoms with E-state index in [1.807, 2.05) is 18.2 Å². The normalized spacial score (nSPS) is 18.0. The summed E-state index contributed by atoms with van der Waals surface area (Å²) in [5, 5.41) is 16.8. The van der Waals surface area contributed by atoms with E-state index in [1.54, 1.807) is 31.5 Å². The minimum Gasteiger partial charge on any atom is -0.455 e. The summed E-state index contributed by atoms with van der Waals surface area (Å²) in [6, 6.07) is 20.3. The summed E-state index contributed by atoms with van der Waals surface area (Å²) in [5.41, 5.74) is 4.78. The Balaban J connectivity index is 1.01. The summed E-state index contributed by atoms with van der Waals surface area (Å²) < 4.78 is 47.1. The fourth-order valence-electron chi connectivity index (χ4n) is 8.65. The van der Waals surface area contributed by atoms with Gasteiger partial charge in [-0.3, -0.25) is 19.8 Å². The van der Waals surface area contributed by atoms with Gasteiger partial charge in [0, 0.05) is 107 Å². The van der Waals surface area contributed by atoms with Crippen LogP contribution in [0.2, 0.25) is 5.02 Å². The van der Waals surface area contributed by atoms with Crippen LogP contribution in [-0.2, 0) is 19.5 Å². The van der Waals surface area contributed by atoms with Crippen LogP contribution in [0.15, 0.2) is 95.7 Å². The number of carbonyl (C=O) groups is 1. The van der Waals surface area contributed by atoms with Gasteiger partial charge in [-0.15, -0.1) is 0 Å². The highest BCUT2D eigenvalue weighted by molar-refractivity contribution is 7.90. The van der Waals surface area contributed by atoms with Gasteiger partial charge in [0.2, 0.25) is 0 Å². The van der Waals surface area contributed by atoms with E-state index in [9.17, 15) is 23.3 Å². The number of nitro benzene ring substituents is 1. The Hall–Kier alpha value is -5.52. The minimum atomic E-state index is -4.59. The van der Waals surface area contributed by atoms with Gasteiger partial charge in [-0.2, -0.15) is 0 Å². The second-order valence-corrected chi connectivity index (χ2v) is 19.4. The maximum atomic E-state index is 14.0. The van der Waals surface area contributed by atoms with Crippen molar-refractivity contribution in [3.63, 3.8) is 0 Å². The molecule has 63 heavy (non-hydrogen) atoms. The van der Waals surface area contributed by atoms with Crippen LogP contribution in [0.5, 0.6) is 11.5 Å². The van der Waals surface area contributed by atoms with Crippen molar-refractivity contribution in [1.29, 1.82) is 0 Å². The fourth-order valence-corrected chi connectivity index (χ4v) is 9.76. The van der Waals surface area contributed by atoms with Crippen LogP contribution < -0.4 is 19.7 Å². The van der Waals surface area contributed by atoms with Crippen molar-refractivity contribution in [2.24, 2.45) is 5.41 Å². The number of sulfonamides is 1. The SMILES string of the molecule is COC1(CNc2ccc(S(=O)(=O)NC(=O)c3ccc(N4CCN(CC5=C(c6ccc(Cl)cc6)CC(C)(C)CC5)CC4)cc3Oc3cnc4[nH]ccc4c3)cc2[N+](=O)[O-])CCOCC1. The number of fused-ring (bicyclic) bond motifs is 1. The van der Waals surface area contributed by atoms with Crippen molar-refractivity contribution in [3.8, 4) is 11.5 Å². The third-order valence-corrected chi connectivity index (χ3v) is 14.1. The van der Waals surface area contributed by atoms with Crippen LogP contribution >= 0.6 is 11.6 Å². The predicted molar refractivity (Wildman–Crippen MR) is 243 cm³/mol. The second-order valence-electron chi connectivity index (χ2n) is 17.3. The molecule has 2 aromatic heterocycles. The van der Waals surface area contributed by atoms with Crippen molar-refractivity contribution >= 4 is 61.2 Å². The van der Waals surface area contributed by atoms with E-state index in [0.29, 0.717) is 37.5 Å². The zero-order valence-corrected chi connectivity index (χ0v) is 37.2. The minimum absolute atomic E-state index is 0.0499. The molecule has 0 bridgehead atoms. The Bertz CT molecular complexity index is 2640. The molecule has 2 fully saturated rings. The monoisotopic (exact) mass is 897 g/mol. The summed E-state index contributed by atoms with van der Waals surface area (Å²) in [5.74, 6) is -0.507. The van der Waals surface area contributed by atoms with Crippen molar-refractivity contribution in [2.45, 2.75) is 56.4 Å². The summed E-state index contributed by atoms with van der Waals surface area (Å²) in [6.45, 7) is 9.84. The molecule has 0 radical (unpaired) electrons. The number of anilines is 2. The molecule has 2 aliphatic heterocycles. The second kappa shape index (κ2) is 18.3. The number of hydrogen-bond acceptors (Lipinski definition) is 12. The molecule has 3 aromatic carbocycles. The molecule has 3 N–H and O–H groups in total. The number of piperazine rings is 1. The molecule has 332 valence electrons. The number of nitrogens with one attached hydrogen (secondary N) is 3. The number of methoxy groups -OCH3 is 1. The maximum absolute atomic E-state index is 14.0. The molecular formula is C46H52ClN7O8S. The molecule has 8 rings (SSSR count). The van der Waals surface area contributed by atoms with E-state index in [4.69, 9.17) is 25.8 Å². The number of allylic oxidation sites excluding steroid dienone is 1. The van der Waals surface area contributed by atoms with Gasteiger partial charge < -0.3 is 29.4 Å². The lowest BCUT2D eigenvalue weighted by atomic mass is 9.72. The first-order valence-electron chi connectivity index (χ1n) is 21.1. The number of nitro groups is 1. The van der Waals surface area contributed by atoms with E-state index in [-0.39, 0.29) is 29.0 Å². The Labute approximate surface area is 372 Å². The van der Waals surface area contributed by atoms with Crippen LogP contribution in [0.25, 0.3) is 16.6 Å². The molecule has 0 unspecified atom stereocenters. The van der Waals surface area contributed by atoms with Gasteiger partial charge in [-0.1, -0.05) is 43.2 Å². The van der Waals surface area contributed by atoms with Crippen LogP contribution in [0.1, 0.15) is 61.9 Å². The number of carbonyl (C=O) groups excluding carboxylic acids is 1. The van der Waals surface area contributed by atoms with Gasteiger partial charge in [0.1, 0.15) is 22.8 Å². The highest BCUT2D eigenvalue weighted by Gasteiger charge is 2.34. The molecule has 1 amide bonds. The largest absolute Gasteiger partial charge is 0.455 e. The van der Waals surface area contributed by atoms with Gasteiger partial charge in [0.05, 0.1) is 27.2 Å². The van der Waals surface area contributed by atoms with Crippen LogP contribution in [-0.4, -0.2) is 99.3 Å². The average molecular weight is 898 g/mol. The zero-order chi connectivity index (χ0) is 44.4. The Morgan fingerprint density at radius 1 is 1.00 bits per heavy atom. The third-order valence-electron chi connectivity index (χ3n) is 12.5. The van der Waals surface area contributed by atoms with Crippen LogP contribution in [0.4, 0.5) is 17.1 Å². The van der Waals surface area contributed by atoms with Crippen molar-refractivity contribution < 1.29 is 32.3 Å². The lowest BCUT2D eigenvalue weighted by Crippen LogP contribution is -2.47. The molecule has 1 aliphatic carbocycles. The maximum Gasteiger partial charge on any atom is 0.293 e. The molecule has 17 heteroatoms. The summed E-state index contributed by atoms with van der Waals surface area (Å²) >= 11 is 6.24. The average Bonchev–Trinajstić information content (AvgIpc) is 3.75. The van der Waals surface area contributed by atoms with Crippen molar-refractivity contribution in [2.75, 3.05) is 69.8 Å². The van der Waals surface area contributed by atoms with Gasteiger partial charge >= 0.3 is 0 Å². The Morgan fingerprint density at radius 3 is 2.49 bits per heavy atom. The van der Waals surface area contributed by atoms with E-state index in [2.05, 4.69) is 55.8 Å². The van der Waals surface area contributed by atoms with Crippen LogP contribution in [0.3, 0.4) is 0 Å². The number of H-pyrrole nitrogens is 1. The van der Waals surface area contributed by atoms with E-state index in [0.717, 1.165) is 74.1 Å². The summed E-state index contributed by atoms with van der Waals surface area (Å²) in [6.07, 6.45) is 7.64. The Kier molecular flexibility index (Phi) is 12.8. The third kappa shape index (κ3) is 10.2. The Morgan fingerprint density at radius 2 is 1.76 bits per heavy atom. The molecule has 0 atom stereocenters. The van der Waals surface area contributed by atoms with E-state index < -0.39 is 37.0 Å². The molecule has 5 aromatic rings. The van der Waals surface area contributed by atoms with Gasteiger partial charge in [-0.05, 0) is 84.3 Å². The molecule has 15 nitrogen and oxygen atoms in total. The number of halogens is 1. The van der Waals surface area contributed by atoms with Crippen LogP contribution in [0, 0.1) is 15.5 Å². The number of benzene rings is 3. The van der Waals surface area contributed by atoms with E-state index in [1.165, 1.54) is 41.1 Å². The van der Waals surface area contributed by atoms with Gasteiger partial charge in [-0.25, -0.2) is 18.1 Å². The standard InChI is InChI=1S/C46H52ClN7O8S/c1-45(2)14-12-33(39(27-45)31-4-6-34(47)7-5-31)29-52-18-20-53(21-19-52)35-8-10-38(42(25-35)62-36-24-32-13-17-48-43(32)49-28-36)44(55)51-63(58,59)37-9-11-40(41(26-37)54(56)57)50-30-46(60-3)15-22-61-23-16-46/h4-11,13,17,24-26,28,50H,12,14-16,18-23,27,29-30H2,1-3H3,(H,48,49)(H,51,55). The smallest absolute Gasteiger partial charge is 0.293 e.